The minimum Gasteiger partial charge on any atom is -0.497 e. The van der Waals surface area contributed by atoms with Gasteiger partial charge in [0.2, 0.25) is 5.91 Å². The molecule has 0 radical (unpaired) electrons. The molecule has 0 fully saturated rings. The minimum absolute atomic E-state index is 0.0914. The number of rotatable bonds is 7. The summed E-state index contributed by atoms with van der Waals surface area (Å²) in [7, 11) is 3.10. The van der Waals surface area contributed by atoms with Crippen LogP contribution in [0.1, 0.15) is 17.5 Å². The van der Waals surface area contributed by atoms with Gasteiger partial charge in [-0.25, -0.2) is 4.98 Å². The van der Waals surface area contributed by atoms with Crippen molar-refractivity contribution in [3.8, 4) is 17.2 Å². The highest BCUT2D eigenvalue weighted by molar-refractivity contribution is 7.99. The summed E-state index contributed by atoms with van der Waals surface area (Å²) in [6, 6.07) is 18.5. The van der Waals surface area contributed by atoms with Crippen molar-refractivity contribution in [2.45, 2.75) is 24.4 Å². The molecule has 5 rings (SSSR count). The van der Waals surface area contributed by atoms with Crippen LogP contribution in [-0.4, -0.2) is 35.4 Å². The molecule has 0 atom stereocenters. The number of ether oxygens (including phenoxy) is 2. The summed E-state index contributed by atoms with van der Waals surface area (Å²) in [6.45, 7) is 0. The predicted molar refractivity (Wildman–Crippen MR) is 138 cm³/mol. The number of amides is 1. The molecule has 7 nitrogen and oxygen atoms in total. The first-order valence-corrected chi connectivity index (χ1v) is 12.3. The summed E-state index contributed by atoms with van der Waals surface area (Å²) in [5, 5.41) is 3.84. The smallest absolute Gasteiger partial charge is 0.266 e. The highest BCUT2D eigenvalue weighted by Gasteiger charge is 2.19. The average Bonchev–Trinajstić information content (AvgIpc) is 3.35. The first kappa shape index (κ1) is 23.0. The second kappa shape index (κ2) is 9.84. The molecule has 3 aromatic carbocycles. The number of para-hydroxylation sites is 1. The Balaban J connectivity index is 1.49. The topological polar surface area (TPSA) is 82.4 Å². The molecule has 0 aliphatic heterocycles. The van der Waals surface area contributed by atoms with Crippen LogP contribution in [0, 0.1) is 0 Å². The maximum absolute atomic E-state index is 13.6. The van der Waals surface area contributed by atoms with Crippen molar-refractivity contribution >= 4 is 34.3 Å². The number of nitrogens with one attached hydrogen (secondary N) is 1. The Morgan fingerprint density at radius 1 is 1.03 bits per heavy atom. The molecule has 1 aliphatic rings. The Bertz CT molecular complexity index is 1480. The van der Waals surface area contributed by atoms with Gasteiger partial charge in [0, 0.05) is 11.8 Å². The van der Waals surface area contributed by atoms with Gasteiger partial charge in [-0.2, -0.15) is 0 Å². The zero-order valence-electron chi connectivity index (χ0n) is 19.5. The van der Waals surface area contributed by atoms with Gasteiger partial charge in [-0.1, -0.05) is 30.0 Å². The molecule has 0 spiro atoms. The number of benzene rings is 3. The zero-order chi connectivity index (χ0) is 24.4. The van der Waals surface area contributed by atoms with Gasteiger partial charge in [0.05, 0.1) is 36.6 Å². The van der Waals surface area contributed by atoms with Crippen molar-refractivity contribution in [1.82, 2.24) is 9.55 Å². The van der Waals surface area contributed by atoms with E-state index in [1.165, 1.54) is 27.5 Å². The van der Waals surface area contributed by atoms with Crippen LogP contribution in [0.2, 0.25) is 0 Å². The molecular weight excluding hydrogens is 462 g/mol. The first-order chi connectivity index (χ1) is 17.1. The molecule has 0 bridgehead atoms. The summed E-state index contributed by atoms with van der Waals surface area (Å²) >= 11 is 1.20. The third kappa shape index (κ3) is 4.61. The van der Waals surface area contributed by atoms with E-state index in [9.17, 15) is 9.59 Å². The van der Waals surface area contributed by atoms with Gasteiger partial charge in [-0.15, -0.1) is 0 Å². The SMILES string of the molecule is COc1ccc(OC)c(-n2c(SCC(=O)Nc3ccc4c(c3)CCC4)nc3ccccc3c2=O)c1. The van der Waals surface area contributed by atoms with Crippen molar-refractivity contribution in [2.75, 3.05) is 25.3 Å². The summed E-state index contributed by atoms with van der Waals surface area (Å²) in [5.41, 5.74) is 4.26. The number of nitrogens with zero attached hydrogens (tertiary/aromatic N) is 2. The van der Waals surface area contributed by atoms with Crippen molar-refractivity contribution < 1.29 is 14.3 Å². The van der Waals surface area contributed by atoms with Gasteiger partial charge in [0.25, 0.3) is 5.56 Å². The number of anilines is 1. The number of aryl methyl sites for hydroxylation is 2. The Hall–Kier alpha value is -3.78. The standard InChI is InChI=1S/C27H25N3O4S/c1-33-20-12-13-24(34-2)23(15-20)30-26(32)21-8-3-4-9-22(21)29-27(30)35-16-25(31)28-19-11-10-17-6-5-7-18(17)14-19/h3-4,8-15H,5-7,16H2,1-2H3,(H,28,31). The summed E-state index contributed by atoms with van der Waals surface area (Å²) in [6.07, 6.45) is 3.29. The van der Waals surface area contributed by atoms with E-state index in [2.05, 4.69) is 17.4 Å². The molecular formula is C27H25N3O4S. The minimum atomic E-state index is -0.247. The van der Waals surface area contributed by atoms with E-state index in [0.29, 0.717) is 33.2 Å². The number of hydrogen-bond donors (Lipinski definition) is 1. The molecule has 1 N–H and O–H groups in total. The number of aromatic nitrogens is 2. The average molecular weight is 488 g/mol. The Morgan fingerprint density at radius 3 is 2.69 bits per heavy atom. The van der Waals surface area contributed by atoms with Crippen molar-refractivity contribution in [3.05, 3.63) is 82.1 Å². The van der Waals surface area contributed by atoms with E-state index in [0.717, 1.165) is 24.9 Å². The highest BCUT2D eigenvalue weighted by Crippen LogP contribution is 2.31. The van der Waals surface area contributed by atoms with E-state index in [1.807, 2.05) is 12.1 Å². The Morgan fingerprint density at radius 2 is 1.86 bits per heavy atom. The zero-order valence-corrected chi connectivity index (χ0v) is 20.4. The van der Waals surface area contributed by atoms with E-state index in [4.69, 9.17) is 14.5 Å². The predicted octanol–water partition coefficient (Wildman–Crippen LogP) is 4.62. The van der Waals surface area contributed by atoms with E-state index in [-0.39, 0.29) is 17.2 Å². The second-order valence-corrected chi connectivity index (χ2v) is 9.21. The lowest BCUT2D eigenvalue weighted by Gasteiger charge is -2.16. The first-order valence-electron chi connectivity index (χ1n) is 11.4. The highest BCUT2D eigenvalue weighted by atomic mass is 32.2. The molecule has 35 heavy (non-hydrogen) atoms. The Labute approximate surface area is 207 Å². The summed E-state index contributed by atoms with van der Waals surface area (Å²) in [5.74, 6) is 0.994. The maximum atomic E-state index is 13.6. The number of carbonyl (C=O) groups excluding carboxylic acids is 1. The summed E-state index contributed by atoms with van der Waals surface area (Å²) < 4.78 is 12.4. The van der Waals surface area contributed by atoms with Gasteiger partial charge < -0.3 is 14.8 Å². The molecule has 178 valence electrons. The van der Waals surface area contributed by atoms with Crippen LogP contribution in [0.25, 0.3) is 16.6 Å². The molecule has 0 saturated carbocycles. The van der Waals surface area contributed by atoms with E-state index >= 15 is 0 Å². The molecule has 1 amide bonds. The van der Waals surface area contributed by atoms with Crippen molar-refractivity contribution in [3.63, 3.8) is 0 Å². The normalized spacial score (nSPS) is 12.4. The molecule has 0 saturated heterocycles. The Kier molecular flexibility index (Phi) is 6.46. The van der Waals surface area contributed by atoms with Gasteiger partial charge >= 0.3 is 0 Å². The number of methoxy groups -OCH3 is 2. The molecule has 1 aromatic heterocycles. The molecule has 8 heteroatoms. The van der Waals surface area contributed by atoms with Gasteiger partial charge in [0.1, 0.15) is 11.5 Å². The lowest BCUT2D eigenvalue weighted by atomic mass is 10.1. The largest absolute Gasteiger partial charge is 0.497 e. The lowest BCUT2D eigenvalue weighted by molar-refractivity contribution is -0.113. The van der Waals surface area contributed by atoms with Crippen LogP contribution in [0.3, 0.4) is 0 Å². The molecule has 1 aliphatic carbocycles. The number of thioether (sulfide) groups is 1. The fraction of sp³-hybridized carbons (Fsp3) is 0.222. The summed E-state index contributed by atoms with van der Waals surface area (Å²) in [4.78, 5) is 31.1. The fourth-order valence-corrected chi connectivity index (χ4v) is 5.18. The third-order valence-corrected chi connectivity index (χ3v) is 7.03. The quantitative estimate of drug-likeness (QED) is 0.303. The number of fused-ring (bicyclic) bond motifs is 2. The number of carbonyl (C=O) groups is 1. The lowest BCUT2D eigenvalue weighted by Crippen LogP contribution is -2.23. The molecule has 4 aromatic rings. The van der Waals surface area contributed by atoms with E-state index in [1.54, 1.807) is 50.6 Å². The second-order valence-electron chi connectivity index (χ2n) is 8.26. The van der Waals surface area contributed by atoms with E-state index < -0.39 is 0 Å². The monoisotopic (exact) mass is 487 g/mol. The van der Waals surface area contributed by atoms with Gasteiger partial charge in [-0.05, 0) is 66.8 Å². The van der Waals surface area contributed by atoms with Crippen molar-refractivity contribution in [2.24, 2.45) is 0 Å². The van der Waals surface area contributed by atoms with Crippen LogP contribution < -0.4 is 20.3 Å². The molecule has 0 unspecified atom stereocenters. The van der Waals surface area contributed by atoms with Crippen LogP contribution in [0.5, 0.6) is 11.5 Å². The third-order valence-electron chi connectivity index (χ3n) is 6.09. The fourth-order valence-electron chi connectivity index (χ4n) is 4.37. The van der Waals surface area contributed by atoms with Crippen LogP contribution >= 0.6 is 11.8 Å². The van der Waals surface area contributed by atoms with Gasteiger partial charge in [-0.3, -0.25) is 14.2 Å². The molecule has 1 heterocycles. The van der Waals surface area contributed by atoms with Crippen LogP contribution in [-0.2, 0) is 17.6 Å². The van der Waals surface area contributed by atoms with Crippen LogP contribution in [0.4, 0.5) is 5.69 Å². The van der Waals surface area contributed by atoms with Gasteiger partial charge in [0.15, 0.2) is 5.16 Å². The van der Waals surface area contributed by atoms with Crippen molar-refractivity contribution in [1.29, 1.82) is 0 Å². The maximum Gasteiger partial charge on any atom is 0.266 e. The van der Waals surface area contributed by atoms with Crippen LogP contribution in [0.15, 0.2) is 70.6 Å². The number of hydrogen-bond acceptors (Lipinski definition) is 6.